The molecule has 4 aromatic rings. The van der Waals surface area contributed by atoms with E-state index in [2.05, 4.69) is 39.6 Å². The predicted octanol–water partition coefficient (Wildman–Crippen LogP) is 5.60. The van der Waals surface area contributed by atoms with Crippen LogP contribution >= 0.6 is 23.1 Å². The molecule has 6 rings (SSSR count). The van der Waals surface area contributed by atoms with Gasteiger partial charge in [-0.1, -0.05) is 48.5 Å². The molecule has 1 aromatic heterocycles. The summed E-state index contributed by atoms with van der Waals surface area (Å²) in [5.41, 5.74) is 6.07. The lowest BCUT2D eigenvalue weighted by molar-refractivity contribution is -0.137. The number of nitrogens with one attached hydrogen (secondary N) is 1. The molecule has 7 nitrogen and oxygen atoms in total. The first-order chi connectivity index (χ1) is 17.1. The van der Waals surface area contributed by atoms with E-state index in [4.69, 9.17) is 9.84 Å². The number of aromatic nitrogens is 1. The average molecular weight is 502 g/mol. The van der Waals surface area contributed by atoms with Gasteiger partial charge in [0.1, 0.15) is 16.7 Å². The average Bonchev–Trinajstić information content (AvgIpc) is 3.58. The van der Waals surface area contributed by atoms with Crippen LogP contribution in [0.25, 0.3) is 21.3 Å². The van der Waals surface area contributed by atoms with Crippen LogP contribution in [0.2, 0.25) is 0 Å². The summed E-state index contributed by atoms with van der Waals surface area (Å²) in [6.07, 6.45) is -0.518. The number of thiazole rings is 1. The standard InChI is InChI=1S/C26H19N3O4S2/c30-25(31)21-13-34-23(29-21)24-28-20-10-9-14(11-22(20)35-24)27-26(32)33-12-19-17-7-3-1-5-15(17)16-6-2-4-8-18(16)19/h1-11,19,21H,12-13H2,(H,27,32)(H,30,31). The number of amides is 1. The zero-order chi connectivity index (χ0) is 23.9. The highest BCUT2D eigenvalue weighted by Gasteiger charge is 2.29. The van der Waals surface area contributed by atoms with Crippen molar-refractivity contribution in [2.45, 2.75) is 12.0 Å². The fraction of sp³-hybridized carbons (Fsp3) is 0.154. The topological polar surface area (TPSA) is 101 Å². The molecule has 2 N–H and O–H groups in total. The largest absolute Gasteiger partial charge is 0.480 e. The molecule has 2 aliphatic rings. The highest BCUT2D eigenvalue weighted by Crippen LogP contribution is 2.44. The van der Waals surface area contributed by atoms with Gasteiger partial charge < -0.3 is 9.84 Å². The normalized spacial score (nSPS) is 16.6. The van der Waals surface area contributed by atoms with Crippen molar-refractivity contribution in [2.24, 2.45) is 4.99 Å². The van der Waals surface area contributed by atoms with Gasteiger partial charge in [0.25, 0.3) is 0 Å². The number of hydrogen-bond acceptors (Lipinski definition) is 7. The molecule has 174 valence electrons. The lowest BCUT2D eigenvalue weighted by Gasteiger charge is -2.14. The van der Waals surface area contributed by atoms with Crippen LogP contribution in [0.5, 0.6) is 0 Å². The molecule has 3 aromatic carbocycles. The van der Waals surface area contributed by atoms with Crippen molar-refractivity contribution < 1.29 is 19.4 Å². The summed E-state index contributed by atoms with van der Waals surface area (Å²) in [6.45, 7) is 0.245. The molecule has 35 heavy (non-hydrogen) atoms. The number of thioether (sulfide) groups is 1. The van der Waals surface area contributed by atoms with Crippen LogP contribution in [-0.4, -0.2) is 45.6 Å². The number of nitrogens with zero attached hydrogens (tertiary/aromatic N) is 2. The number of carboxylic acids is 1. The minimum Gasteiger partial charge on any atom is -0.480 e. The monoisotopic (exact) mass is 501 g/mol. The van der Waals surface area contributed by atoms with Crippen LogP contribution in [0.3, 0.4) is 0 Å². The van der Waals surface area contributed by atoms with E-state index in [-0.39, 0.29) is 12.5 Å². The fourth-order valence-electron chi connectivity index (χ4n) is 4.46. The van der Waals surface area contributed by atoms with Crippen molar-refractivity contribution in [1.29, 1.82) is 0 Å². The number of benzene rings is 3. The van der Waals surface area contributed by atoms with Gasteiger partial charge in [0.15, 0.2) is 6.04 Å². The Labute approximate surface area is 208 Å². The van der Waals surface area contributed by atoms with Gasteiger partial charge in [-0.2, -0.15) is 0 Å². The van der Waals surface area contributed by atoms with Gasteiger partial charge in [0.05, 0.1) is 10.2 Å². The summed E-state index contributed by atoms with van der Waals surface area (Å²) < 4.78 is 6.51. The number of aliphatic carboxylic acids is 1. The maximum atomic E-state index is 12.6. The minimum atomic E-state index is -0.928. The number of anilines is 1. The highest BCUT2D eigenvalue weighted by atomic mass is 32.2. The second-order valence-electron chi connectivity index (χ2n) is 8.25. The highest BCUT2D eigenvalue weighted by molar-refractivity contribution is 8.15. The van der Waals surface area contributed by atoms with E-state index in [0.29, 0.717) is 21.5 Å². The second kappa shape index (κ2) is 8.83. The third kappa shape index (κ3) is 4.06. The Bertz CT molecular complexity index is 1470. The maximum Gasteiger partial charge on any atom is 0.411 e. The Kier molecular flexibility index (Phi) is 5.50. The molecule has 9 heteroatoms. The van der Waals surface area contributed by atoms with E-state index < -0.39 is 18.1 Å². The number of rotatable bonds is 5. The smallest absolute Gasteiger partial charge is 0.411 e. The molecule has 1 aliphatic heterocycles. The number of carbonyl (C=O) groups excluding carboxylic acids is 1. The Morgan fingerprint density at radius 2 is 1.74 bits per heavy atom. The first kappa shape index (κ1) is 21.8. The van der Waals surface area contributed by atoms with Gasteiger partial charge in [-0.15, -0.1) is 23.1 Å². The molecular formula is C26H19N3O4S2. The molecule has 1 amide bonds. The second-order valence-corrected chi connectivity index (χ2v) is 10.3. The Morgan fingerprint density at radius 3 is 2.43 bits per heavy atom. The SMILES string of the molecule is O=C(Nc1ccc2nc(C3=NC(C(=O)O)CS3)sc2c1)OCC1c2ccccc2-c2ccccc21. The van der Waals surface area contributed by atoms with Crippen LogP contribution in [0.1, 0.15) is 22.1 Å². The van der Waals surface area contributed by atoms with Gasteiger partial charge in [-0.3, -0.25) is 10.3 Å². The Hall–Kier alpha value is -3.69. The molecule has 2 heterocycles. The quantitative estimate of drug-likeness (QED) is 0.369. The van der Waals surface area contributed by atoms with Crippen LogP contribution in [-0.2, 0) is 9.53 Å². The summed E-state index contributed by atoms with van der Waals surface area (Å²) >= 11 is 2.82. The maximum absolute atomic E-state index is 12.6. The molecule has 1 aliphatic carbocycles. The van der Waals surface area contributed by atoms with Crippen LogP contribution in [0.4, 0.5) is 10.5 Å². The summed E-state index contributed by atoms with van der Waals surface area (Å²) in [5.74, 6) is -0.517. The molecular weight excluding hydrogens is 482 g/mol. The predicted molar refractivity (Wildman–Crippen MR) is 139 cm³/mol. The summed E-state index contributed by atoms with van der Waals surface area (Å²) in [7, 11) is 0. The number of carboxylic acid groups (broad SMARTS) is 1. The summed E-state index contributed by atoms with van der Waals surface area (Å²) in [6, 6.07) is 21.1. The Morgan fingerprint density at radius 1 is 1.03 bits per heavy atom. The molecule has 1 unspecified atom stereocenters. The molecule has 0 bridgehead atoms. The van der Waals surface area contributed by atoms with Crippen molar-refractivity contribution in [2.75, 3.05) is 17.7 Å². The lowest BCUT2D eigenvalue weighted by Crippen LogP contribution is -2.17. The van der Waals surface area contributed by atoms with Crippen LogP contribution in [0.15, 0.2) is 71.7 Å². The van der Waals surface area contributed by atoms with Crippen molar-refractivity contribution in [3.05, 3.63) is 82.9 Å². The Balaban J connectivity index is 1.15. The van der Waals surface area contributed by atoms with Crippen molar-refractivity contribution >= 4 is 56.1 Å². The van der Waals surface area contributed by atoms with Crippen LogP contribution in [0, 0.1) is 0 Å². The third-order valence-corrected chi connectivity index (χ3v) is 8.31. The van der Waals surface area contributed by atoms with E-state index >= 15 is 0 Å². The molecule has 0 fully saturated rings. The minimum absolute atomic E-state index is 0.000927. The summed E-state index contributed by atoms with van der Waals surface area (Å²) in [4.78, 5) is 32.6. The van der Waals surface area contributed by atoms with Gasteiger partial charge in [0.2, 0.25) is 0 Å². The molecule has 0 saturated heterocycles. The number of hydrogen-bond donors (Lipinski definition) is 2. The van der Waals surface area contributed by atoms with E-state index in [1.807, 2.05) is 36.4 Å². The van der Waals surface area contributed by atoms with Crippen molar-refractivity contribution in [3.63, 3.8) is 0 Å². The molecule has 0 spiro atoms. The number of aliphatic imine (C=N–C) groups is 1. The fourth-order valence-corrected chi connectivity index (χ4v) is 6.57. The van der Waals surface area contributed by atoms with Crippen LogP contribution < -0.4 is 5.32 Å². The molecule has 0 saturated carbocycles. The van der Waals surface area contributed by atoms with E-state index in [9.17, 15) is 9.59 Å². The van der Waals surface area contributed by atoms with Gasteiger partial charge in [-0.25, -0.2) is 14.6 Å². The number of fused-ring (bicyclic) bond motifs is 4. The zero-order valence-corrected chi connectivity index (χ0v) is 19.9. The number of ether oxygens (including phenoxy) is 1. The summed E-state index contributed by atoms with van der Waals surface area (Å²) in [5, 5.41) is 13.3. The molecule has 0 radical (unpaired) electrons. The zero-order valence-electron chi connectivity index (χ0n) is 18.3. The van der Waals surface area contributed by atoms with Gasteiger partial charge >= 0.3 is 12.1 Å². The van der Waals surface area contributed by atoms with Crippen molar-refractivity contribution in [3.8, 4) is 11.1 Å². The molecule has 1 atom stereocenters. The lowest BCUT2D eigenvalue weighted by atomic mass is 9.98. The van der Waals surface area contributed by atoms with Gasteiger partial charge in [0, 0.05) is 17.4 Å². The van der Waals surface area contributed by atoms with E-state index in [0.717, 1.165) is 21.3 Å². The van der Waals surface area contributed by atoms with Crippen molar-refractivity contribution in [1.82, 2.24) is 4.98 Å². The van der Waals surface area contributed by atoms with E-state index in [1.54, 1.807) is 6.07 Å². The van der Waals surface area contributed by atoms with Gasteiger partial charge in [-0.05, 0) is 40.5 Å². The third-order valence-electron chi connectivity index (χ3n) is 6.10. The van der Waals surface area contributed by atoms with E-state index in [1.165, 1.54) is 34.2 Å². The number of carbonyl (C=O) groups is 2. The first-order valence-electron chi connectivity index (χ1n) is 11.0. The first-order valence-corrected chi connectivity index (χ1v) is 12.8.